The first-order chi connectivity index (χ1) is 11.3. The zero-order valence-electron chi connectivity index (χ0n) is 12.6. The number of benzene rings is 2. The smallest absolute Gasteiger partial charge is 0.174 e. The summed E-state index contributed by atoms with van der Waals surface area (Å²) in [6.45, 7) is 0.202. The molecule has 3 rings (SSSR count). The van der Waals surface area contributed by atoms with Crippen LogP contribution in [0.5, 0.6) is 11.5 Å². The molecule has 0 spiro atoms. The second-order valence-electron chi connectivity index (χ2n) is 4.85. The SMILES string of the molecule is COc1ccc(-c2cc(COc3ccccc3C=O)on2)cc1. The van der Waals surface area contributed by atoms with Gasteiger partial charge in [-0.25, -0.2) is 0 Å². The van der Waals surface area contributed by atoms with Crippen LogP contribution in [0, 0.1) is 0 Å². The maximum atomic E-state index is 11.0. The topological polar surface area (TPSA) is 61.6 Å². The van der Waals surface area contributed by atoms with Crippen LogP contribution in [-0.4, -0.2) is 18.6 Å². The fourth-order valence-corrected chi connectivity index (χ4v) is 2.14. The number of carbonyl (C=O) groups is 1. The van der Waals surface area contributed by atoms with Crippen molar-refractivity contribution in [2.24, 2.45) is 0 Å². The second kappa shape index (κ2) is 6.79. The molecule has 0 saturated heterocycles. The quantitative estimate of drug-likeness (QED) is 0.649. The van der Waals surface area contributed by atoms with E-state index in [1.807, 2.05) is 36.4 Å². The van der Waals surface area contributed by atoms with Crippen molar-refractivity contribution in [1.29, 1.82) is 0 Å². The number of methoxy groups -OCH3 is 1. The fraction of sp³-hybridized carbons (Fsp3) is 0.111. The normalized spacial score (nSPS) is 10.3. The predicted octanol–water partition coefficient (Wildman–Crippen LogP) is 3.74. The van der Waals surface area contributed by atoms with Crippen LogP contribution in [-0.2, 0) is 6.61 Å². The average molecular weight is 309 g/mol. The number of nitrogens with zero attached hydrogens (tertiary/aromatic N) is 1. The van der Waals surface area contributed by atoms with Crippen molar-refractivity contribution in [3.05, 3.63) is 65.9 Å². The molecule has 0 amide bonds. The molecule has 0 bridgehead atoms. The lowest BCUT2D eigenvalue weighted by molar-refractivity contribution is 0.111. The number of aldehydes is 1. The van der Waals surface area contributed by atoms with Crippen molar-refractivity contribution >= 4 is 6.29 Å². The van der Waals surface area contributed by atoms with Gasteiger partial charge in [0.05, 0.1) is 12.7 Å². The van der Waals surface area contributed by atoms with Crippen molar-refractivity contribution < 1.29 is 18.8 Å². The van der Waals surface area contributed by atoms with E-state index in [4.69, 9.17) is 14.0 Å². The summed E-state index contributed by atoms with van der Waals surface area (Å²) in [4.78, 5) is 11.0. The molecule has 2 aromatic carbocycles. The standard InChI is InChI=1S/C18H15NO4/c1-21-15-8-6-13(7-9-15)17-10-16(23-19-17)12-22-18-5-3-2-4-14(18)11-20/h2-11H,12H2,1H3. The van der Waals surface area contributed by atoms with Crippen LogP contribution in [0.1, 0.15) is 16.1 Å². The van der Waals surface area contributed by atoms with Gasteiger partial charge in [0.1, 0.15) is 23.8 Å². The van der Waals surface area contributed by atoms with Crippen LogP contribution in [0.25, 0.3) is 11.3 Å². The molecular weight excluding hydrogens is 294 g/mol. The van der Waals surface area contributed by atoms with Crippen LogP contribution in [0.3, 0.4) is 0 Å². The highest BCUT2D eigenvalue weighted by molar-refractivity contribution is 5.79. The second-order valence-corrected chi connectivity index (χ2v) is 4.85. The van der Waals surface area contributed by atoms with E-state index >= 15 is 0 Å². The molecule has 116 valence electrons. The van der Waals surface area contributed by atoms with E-state index in [1.165, 1.54) is 0 Å². The van der Waals surface area contributed by atoms with Gasteiger partial charge in [0.2, 0.25) is 0 Å². The third kappa shape index (κ3) is 3.40. The summed E-state index contributed by atoms with van der Waals surface area (Å²) in [7, 11) is 1.62. The third-order valence-corrected chi connectivity index (χ3v) is 3.36. The number of rotatable bonds is 6. The lowest BCUT2D eigenvalue weighted by Gasteiger charge is -2.05. The van der Waals surface area contributed by atoms with Crippen molar-refractivity contribution in [2.75, 3.05) is 7.11 Å². The molecule has 5 heteroatoms. The fourth-order valence-electron chi connectivity index (χ4n) is 2.14. The Hall–Kier alpha value is -3.08. The Labute approximate surface area is 133 Å². The monoisotopic (exact) mass is 309 g/mol. The van der Waals surface area contributed by atoms with Crippen LogP contribution in [0.15, 0.2) is 59.1 Å². The maximum Gasteiger partial charge on any atom is 0.174 e. The van der Waals surface area contributed by atoms with E-state index < -0.39 is 0 Å². The lowest BCUT2D eigenvalue weighted by atomic mass is 10.1. The number of carbonyl (C=O) groups excluding carboxylic acids is 1. The molecule has 23 heavy (non-hydrogen) atoms. The largest absolute Gasteiger partial charge is 0.497 e. The van der Waals surface area contributed by atoms with Crippen molar-refractivity contribution in [2.45, 2.75) is 6.61 Å². The first-order valence-electron chi connectivity index (χ1n) is 7.07. The van der Waals surface area contributed by atoms with Crippen molar-refractivity contribution in [3.63, 3.8) is 0 Å². The highest BCUT2D eigenvalue weighted by atomic mass is 16.5. The molecule has 0 radical (unpaired) electrons. The Morgan fingerprint density at radius 2 is 1.91 bits per heavy atom. The molecule has 0 aliphatic carbocycles. The molecule has 0 atom stereocenters. The molecule has 0 aliphatic rings. The van der Waals surface area contributed by atoms with Gasteiger partial charge in [-0.15, -0.1) is 0 Å². The minimum Gasteiger partial charge on any atom is -0.497 e. The first kappa shape index (κ1) is 14.8. The van der Waals surface area contributed by atoms with E-state index in [9.17, 15) is 4.79 Å². The maximum absolute atomic E-state index is 11.0. The van der Waals surface area contributed by atoms with Gasteiger partial charge >= 0.3 is 0 Å². The van der Waals surface area contributed by atoms with Gasteiger partial charge < -0.3 is 14.0 Å². The summed E-state index contributed by atoms with van der Waals surface area (Å²) in [5.41, 5.74) is 2.14. The Kier molecular flexibility index (Phi) is 4.38. The van der Waals surface area contributed by atoms with E-state index in [-0.39, 0.29) is 6.61 Å². The minimum absolute atomic E-state index is 0.202. The molecule has 1 heterocycles. The van der Waals surface area contributed by atoms with Gasteiger partial charge in [0.15, 0.2) is 12.0 Å². The number of para-hydroxylation sites is 1. The van der Waals surface area contributed by atoms with Gasteiger partial charge in [0, 0.05) is 11.6 Å². The number of aromatic nitrogens is 1. The number of hydrogen-bond donors (Lipinski definition) is 0. The Morgan fingerprint density at radius 1 is 1.13 bits per heavy atom. The summed E-state index contributed by atoms with van der Waals surface area (Å²) in [5, 5.41) is 4.03. The van der Waals surface area contributed by atoms with Gasteiger partial charge in [-0.05, 0) is 36.4 Å². The minimum atomic E-state index is 0.202. The van der Waals surface area contributed by atoms with Gasteiger partial charge in [0.25, 0.3) is 0 Å². The molecule has 0 aliphatic heterocycles. The summed E-state index contributed by atoms with van der Waals surface area (Å²) < 4.78 is 16.0. The van der Waals surface area contributed by atoms with Crippen LogP contribution < -0.4 is 9.47 Å². The van der Waals surface area contributed by atoms with Crippen LogP contribution in [0.4, 0.5) is 0 Å². The summed E-state index contributed by atoms with van der Waals surface area (Å²) in [6.07, 6.45) is 0.762. The Morgan fingerprint density at radius 3 is 2.65 bits per heavy atom. The van der Waals surface area contributed by atoms with Crippen LogP contribution >= 0.6 is 0 Å². The summed E-state index contributed by atoms with van der Waals surface area (Å²) in [6, 6.07) is 16.4. The van der Waals surface area contributed by atoms with Gasteiger partial charge in [-0.3, -0.25) is 4.79 Å². The molecule has 3 aromatic rings. The third-order valence-electron chi connectivity index (χ3n) is 3.36. The molecule has 5 nitrogen and oxygen atoms in total. The summed E-state index contributed by atoms with van der Waals surface area (Å²) >= 11 is 0. The molecule has 0 saturated carbocycles. The zero-order valence-corrected chi connectivity index (χ0v) is 12.6. The zero-order chi connectivity index (χ0) is 16.1. The van der Waals surface area contributed by atoms with E-state index in [2.05, 4.69) is 5.16 Å². The lowest BCUT2D eigenvalue weighted by Crippen LogP contribution is -1.96. The molecular formula is C18H15NO4. The van der Waals surface area contributed by atoms with Crippen LogP contribution in [0.2, 0.25) is 0 Å². The predicted molar refractivity (Wildman–Crippen MR) is 84.7 cm³/mol. The van der Waals surface area contributed by atoms with E-state index in [1.54, 1.807) is 25.3 Å². The summed E-state index contributed by atoms with van der Waals surface area (Å²) in [5.74, 6) is 1.88. The number of hydrogen-bond acceptors (Lipinski definition) is 5. The molecule has 0 N–H and O–H groups in total. The Bertz CT molecular complexity index is 793. The van der Waals surface area contributed by atoms with E-state index in [0.717, 1.165) is 23.3 Å². The molecule has 0 fully saturated rings. The average Bonchev–Trinajstić information content (AvgIpc) is 3.09. The molecule has 0 unspecified atom stereocenters. The molecule has 1 aromatic heterocycles. The van der Waals surface area contributed by atoms with Gasteiger partial charge in [-0.2, -0.15) is 0 Å². The highest BCUT2D eigenvalue weighted by Crippen LogP contribution is 2.23. The first-order valence-corrected chi connectivity index (χ1v) is 7.07. The number of ether oxygens (including phenoxy) is 2. The Balaban J connectivity index is 1.70. The highest BCUT2D eigenvalue weighted by Gasteiger charge is 2.09. The van der Waals surface area contributed by atoms with Crippen molar-refractivity contribution in [1.82, 2.24) is 5.16 Å². The van der Waals surface area contributed by atoms with Crippen molar-refractivity contribution in [3.8, 4) is 22.8 Å². The van der Waals surface area contributed by atoms with E-state index in [0.29, 0.717) is 17.1 Å². The van der Waals surface area contributed by atoms with Gasteiger partial charge in [-0.1, -0.05) is 17.3 Å².